The highest BCUT2D eigenvalue weighted by atomic mass is 32.1. The predicted molar refractivity (Wildman–Crippen MR) is 61.2 cm³/mol. The summed E-state index contributed by atoms with van der Waals surface area (Å²) in [6, 6.07) is 0. The molecule has 0 radical (unpaired) electrons. The zero-order valence-corrected chi connectivity index (χ0v) is 9.81. The van der Waals surface area contributed by atoms with Crippen LogP contribution in [0.2, 0.25) is 0 Å². The highest BCUT2D eigenvalue weighted by molar-refractivity contribution is 7.80. The molecular weight excluding hydrogens is 232 g/mol. The number of rotatable bonds is 4. The van der Waals surface area contributed by atoms with Gasteiger partial charge in [-0.25, -0.2) is 0 Å². The van der Waals surface area contributed by atoms with Gasteiger partial charge in [-0.2, -0.15) is 0 Å². The molecule has 0 aliphatic carbocycles. The fraction of sp³-hybridized carbons (Fsp3) is 0.500. The third-order valence-electron chi connectivity index (χ3n) is 1.67. The maximum absolute atomic E-state index is 11.3. The van der Waals surface area contributed by atoms with Gasteiger partial charge in [0, 0.05) is 0 Å². The van der Waals surface area contributed by atoms with E-state index in [1.807, 2.05) is 0 Å². The average molecular weight is 246 g/mol. The van der Waals surface area contributed by atoms with Gasteiger partial charge in [0.15, 0.2) is 0 Å². The van der Waals surface area contributed by atoms with Crippen LogP contribution < -0.4 is 22.1 Å². The van der Waals surface area contributed by atoms with Gasteiger partial charge in [0.2, 0.25) is 5.91 Å². The summed E-state index contributed by atoms with van der Waals surface area (Å²) in [5.41, 5.74) is 8.85. The van der Waals surface area contributed by atoms with Crippen LogP contribution in [0.5, 0.6) is 0 Å². The standard InChI is InChI=1S/C8H14N4O3S/c1-8(2,7(10)15)12-6(14)5(13)11-3-4(9)16/h3H2,1-2H3,(H2,9,16)(H2,10,15)(H,11,13)(H,12,14). The molecular formula is C8H14N4O3S. The van der Waals surface area contributed by atoms with E-state index in [9.17, 15) is 14.4 Å². The van der Waals surface area contributed by atoms with Crippen molar-refractivity contribution in [2.75, 3.05) is 6.54 Å². The van der Waals surface area contributed by atoms with Crippen LogP contribution in [0.15, 0.2) is 0 Å². The van der Waals surface area contributed by atoms with Gasteiger partial charge in [-0.1, -0.05) is 12.2 Å². The summed E-state index contributed by atoms with van der Waals surface area (Å²) in [6.07, 6.45) is 0. The number of amides is 3. The van der Waals surface area contributed by atoms with Crippen molar-refractivity contribution in [2.24, 2.45) is 11.5 Å². The number of thiocarbonyl (C=S) groups is 1. The monoisotopic (exact) mass is 246 g/mol. The molecule has 0 saturated heterocycles. The Balaban J connectivity index is 4.31. The van der Waals surface area contributed by atoms with Gasteiger partial charge < -0.3 is 22.1 Å². The molecule has 6 N–H and O–H groups in total. The van der Waals surface area contributed by atoms with E-state index in [0.717, 1.165) is 0 Å². The van der Waals surface area contributed by atoms with Crippen LogP contribution in [0.4, 0.5) is 0 Å². The van der Waals surface area contributed by atoms with E-state index >= 15 is 0 Å². The van der Waals surface area contributed by atoms with E-state index in [1.165, 1.54) is 13.8 Å². The van der Waals surface area contributed by atoms with Gasteiger partial charge in [0.05, 0.1) is 11.5 Å². The quantitative estimate of drug-likeness (QED) is 0.330. The minimum Gasteiger partial charge on any atom is -0.392 e. The zero-order chi connectivity index (χ0) is 12.9. The van der Waals surface area contributed by atoms with Gasteiger partial charge in [-0.3, -0.25) is 14.4 Å². The van der Waals surface area contributed by atoms with E-state index in [4.69, 9.17) is 11.5 Å². The molecule has 0 spiro atoms. The summed E-state index contributed by atoms with van der Waals surface area (Å²) in [5, 5.41) is 4.34. The van der Waals surface area contributed by atoms with Crippen LogP contribution in [0.25, 0.3) is 0 Å². The van der Waals surface area contributed by atoms with Crippen molar-refractivity contribution in [1.29, 1.82) is 0 Å². The van der Waals surface area contributed by atoms with Crippen LogP contribution in [0, 0.1) is 0 Å². The van der Waals surface area contributed by atoms with Crippen molar-refractivity contribution in [3.05, 3.63) is 0 Å². The Hall–Kier alpha value is -1.70. The third-order valence-corrected chi connectivity index (χ3v) is 1.82. The van der Waals surface area contributed by atoms with E-state index in [-0.39, 0.29) is 11.5 Å². The number of nitrogens with two attached hydrogens (primary N) is 2. The van der Waals surface area contributed by atoms with Gasteiger partial charge in [0.25, 0.3) is 0 Å². The molecule has 0 aromatic rings. The van der Waals surface area contributed by atoms with E-state index < -0.39 is 23.3 Å². The molecule has 0 atom stereocenters. The van der Waals surface area contributed by atoms with Gasteiger partial charge in [-0.05, 0) is 13.8 Å². The molecule has 0 unspecified atom stereocenters. The van der Waals surface area contributed by atoms with Gasteiger partial charge >= 0.3 is 11.8 Å². The Morgan fingerprint density at radius 3 is 2.06 bits per heavy atom. The van der Waals surface area contributed by atoms with E-state index in [2.05, 4.69) is 22.9 Å². The Morgan fingerprint density at radius 1 is 1.19 bits per heavy atom. The van der Waals surface area contributed by atoms with Gasteiger partial charge in [0.1, 0.15) is 5.54 Å². The number of carbonyl (C=O) groups is 3. The normalized spacial score (nSPS) is 10.4. The van der Waals surface area contributed by atoms with E-state index in [1.54, 1.807) is 0 Å². The lowest BCUT2D eigenvalue weighted by Crippen LogP contribution is -2.56. The number of carbonyl (C=O) groups excluding carboxylic acids is 3. The second-order valence-corrected chi connectivity index (χ2v) is 4.12. The highest BCUT2D eigenvalue weighted by Gasteiger charge is 2.29. The first-order valence-corrected chi connectivity index (χ1v) is 4.76. The van der Waals surface area contributed by atoms with Crippen molar-refractivity contribution in [3.63, 3.8) is 0 Å². The summed E-state index contributed by atoms with van der Waals surface area (Å²) >= 11 is 4.51. The molecule has 16 heavy (non-hydrogen) atoms. The lowest BCUT2D eigenvalue weighted by Gasteiger charge is -2.21. The first kappa shape index (κ1) is 14.3. The van der Waals surface area contributed by atoms with Crippen molar-refractivity contribution in [2.45, 2.75) is 19.4 Å². The maximum atomic E-state index is 11.3. The highest BCUT2D eigenvalue weighted by Crippen LogP contribution is 1.99. The average Bonchev–Trinajstić information content (AvgIpc) is 2.12. The topological polar surface area (TPSA) is 127 Å². The first-order chi connectivity index (χ1) is 7.16. The molecule has 7 nitrogen and oxygen atoms in total. The third kappa shape index (κ3) is 4.69. The van der Waals surface area contributed by atoms with Crippen molar-refractivity contribution in [3.8, 4) is 0 Å². The zero-order valence-electron chi connectivity index (χ0n) is 8.99. The Morgan fingerprint density at radius 2 is 1.69 bits per heavy atom. The fourth-order valence-electron chi connectivity index (χ4n) is 0.650. The minimum absolute atomic E-state index is 0.0512. The fourth-order valence-corrected chi connectivity index (χ4v) is 0.722. The van der Waals surface area contributed by atoms with Crippen LogP contribution in [0.3, 0.4) is 0 Å². The van der Waals surface area contributed by atoms with Crippen LogP contribution >= 0.6 is 12.2 Å². The molecule has 0 aromatic heterocycles. The molecule has 0 saturated carbocycles. The summed E-state index contributed by atoms with van der Waals surface area (Å²) < 4.78 is 0. The predicted octanol–water partition coefficient (Wildman–Crippen LogP) is -2.23. The number of primary amides is 1. The van der Waals surface area contributed by atoms with E-state index in [0.29, 0.717) is 0 Å². The lowest BCUT2D eigenvalue weighted by atomic mass is 10.1. The molecule has 0 bridgehead atoms. The van der Waals surface area contributed by atoms with Crippen LogP contribution in [-0.4, -0.2) is 34.8 Å². The first-order valence-electron chi connectivity index (χ1n) is 4.35. The molecule has 90 valence electrons. The minimum atomic E-state index is -1.29. The molecule has 0 aliphatic rings. The SMILES string of the molecule is CC(C)(NC(=O)C(=O)NCC(N)=S)C(N)=O. The lowest BCUT2D eigenvalue weighted by molar-refractivity contribution is -0.141. The molecule has 0 aliphatic heterocycles. The number of nitrogens with one attached hydrogen (secondary N) is 2. The van der Waals surface area contributed by atoms with Crippen LogP contribution in [-0.2, 0) is 14.4 Å². The summed E-state index contributed by atoms with van der Waals surface area (Å²) in [7, 11) is 0. The molecule has 3 amide bonds. The molecule has 0 aromatic carbocycles. The van der Waals surface area contributed by atoms with Crippen molar-refractivity contribution in [1.82, 2.24) is 10.6 Å². The molecule has 0 rings (SSSR count). The molecule has 0 fully saturated rings. The summed E-state index contributed by atoms with van der Waals surface area (Å²) in [5.74, 6) is -2.65. The smallest absolute Gasteiger partial charge is 0.310 e. The second-order valence-electron chi connectivity index (χ2n) is 3.59. The van der Waals surface area contributed by atoms with Crippen molar-refractivity contribution >= 4 is 34.9 Å². The van der Waals surface area contributed by atoms with Crippen LogP contribution in [0.1, 0.15) is 13.8 Å². The molecule has 0 heterocycles. The summed E-state index contributed by atoms with van der Waals surface area (Å²) in [4.78, 5) is 33.3. The van der Waals surface area contributed by atoms with Crippen molar-refractivity contribution < 1.29 is 14.4 Å². The second kappa shape index (κ2) is 5.40. The van der Waals surface area contributed by atoms with Gasteiger partial charge in [-0.15, -0.1) is 0 Å². The number of hydrogen-bond acceptors (Lipinski definition) is 4. The summed E-state index contributed by atoms with van der Waals surface area (Å²) in [6.45, 7) is 2.68. The maximum Gasteiger partial charge on any atom is 0.310 e. The largest absolute Gasteiger partial charge is 0.392 e. The number of hydrogen-bond donors (Lipinski definition) is 4. The Kier molecular flexibility index (Phi) is 4.83. The Labute approximate surface area is 97.9 Å². The molecule has 8 heteroatoms. The Bertz CT molecular complexity index is 340.